The van der Waals surface area contributed by atoms with Crippen LogP contribution in [0.15, 0.2) is 36.5 Å². The summed E-state index contributed by atoms with van der Waals surface area (Å²) in [4.78, 5) is 34.7. The lowest BCUT2D eigenvalue weighted by molar-refractivity contribution is 0.0925. The fraction of sp³-hybridized carbons (Fsp3) is 0.316. The number of H-pyrrole nitrogens is 2. The number of nitrogens with one attached hydrogen (secondary N) is 3. The van der Waals surface area contributed by atoms with Crippen molar-refractivity contribution in [3.05, 3.63) is 53.6 Å². The maximum Gasteiger partial charge on any atom is 0.268 e. The Labute approximate surface area is 146 Å². The molecule has 0 saturated heterocycles. The highest BCUT2D eigenvalue weighted by molar-refractivity contribution is 5.99. The summed E-state index contributed by atoms with van der Waals surface area (Å²) in [5, 5.41) is 3.02. The number of fused-ring (bicyclic) bond motifs is 1. The lowest BCUT2D eigenvalue weighted by Crippen LogP contribution is -2.30. The van der Waals surface area contributed by atoms with Crippen LogP contribution in [0.4, 0.5) is 0 Å². The topological polar surface area (TPSA) is 90.6 Å². The van der Waals surface area contributed by atoms with Gasteiger partial charge >= 0.3 is 0 Å². The third kappa shape index (κ3) is 3.79. The van der Waals surface area contributed by atoms with Gasteiger partial charge < -0.3 is 15.3 Å². The van der Waals surface area contributed by atoms with E-state index < -0.39 is 0 Å². The van der Waals surface area contributed by atoms with E-state index in [9.17, 15) is 9.59 Å². The average molecular weight is 338 g/mol. The van der Waals surface area contributed by atoms with Gasteiger partial charge in [0.25, 0.3) is 5.91 Å². The van der Waals surface area contributed by atoms with Crippen LogP contribution in [0.3, 0.4) is 0 Å². The number of imidazole rings is 1. The third-order valence-corrected chi connectivity index (χ3v) is 4.08. The van der Waals surface area contributed by atoms with Gasteiger partial charge in [0.15, 0.2) is 5.78 Å². The molecule has 0 saturated carbocycles. The summed E-state index contributed by atoms with van der Waals surface area (Å²) in [6.07, 6.45) is 2.31. The number of amides is 1. The first-order valence-electron chi connectivity index (χ1n) is 8.39. The van der Waals surface area contributed by atoms with Crippen molar-refractivity contribution in [1.82, 2.24) is 20.3 Å². The number of nitrogens with zero attached hydrogens (tertiary/aromatic N) is 1. The van der Waals surface area contributed by atoms with E-state index in [4.69, 9.17) is 0 Å². The molecule has 0 spiro atoms. The smallest absolute Gasteiger partial charge is 0.268 e. The number of Topliss-reactive ketones (excluding diaryl/α,β-unsaturated/α-hetero) is 1. The van der Waals surface area contributed by atoms with Crippen molar-refractivity contribution in [2.24, 2.45) is 5.92 Å². The quantitative estimate of drug-likeness (QED) is 0.600. The lowest BCUT2D eigenvalue weighted by Gasteiger charge is -2.18. The molecule has 1 aromatic carbocycles. The maximum atomic E-state index is 12.6. The zero-order chi connectivity index (χ0) is 18.0. The number of hydrogen-bond donors (Lipinski definition) is 3. The fourth-order valence-corrected chi connectivity index (χ4v) is 2.81. The monoisotopic (exact) mass is 338 g/mol. The Morgan fingerprint density at radius 1 is 1.24 bits per heavy atom. The number of aromatic nitrogens is 3. The van der Waals surface area contributed by atoms with Gasteiger partial charge in [-0.15, -0.1) is 0 Å². The summed E-state index contributed by atoms with van der Waals surface area (Å²) in [7, 11) is 0. The van der Waals surface area contributed by atoms with E-state index >= 15 is 0 Å². The lowest BCUT2D eigenvalue weighted by atomic mass is 10.0. The number of benzene rings is 1. The minimum absolute atomic E-state index is 0.0775. The molecule has 130 valence electrons. The van der Waals surface area contributed by atoms with Gasteiger partial charge in [-0.3, -0.25) is 9.59 Å². The van der Waals surface area contributed by atoms with Gasteiger partial charge in [-0.05, 0) is 37.5 Å². The van der Waals surface area contributed by atoms with Crippen molar-refractivity contribution < 1.29 is 9.59 Å². The van der Waals surface area contributed by atoms with Crippen molar-refractivity contribution in [2.75, 3.05) is 0 Å². The highest BCUT2D eigenvalue weighted by Gasteiger charge is 2.21. The average Bonchev–Trinajstić information content (AvgIpc) is 3.20. The number of carbonyl (C=O) groups excluding carboxylic acids is 2. The Morgan fingerprint density at radius 3 is 2.64 bits per heavy atom. The first-order chi connectivity index (χ1) is 11.9. The Balaban J connectivity index is 1.84. The number of carbonyl (C=O) groups is 2. The summed E-state index contributed by atoms with van der Waals surface area (Å²) in [5.41, 5.74) is 2.68. The molecule has 0 aliphatic rings. The van der Waals surface area contributed by atoms with Gasteiger partial charge in [-0.2, -0.15) is 0 Å². The van der Waals surface area contributed by atoms with E-state index in [2.05, 4.69) is 34.1 Å². The molecule has 3 aromatic rings. The molecular formula is C19H22N4O2. The molecule has 0 fully saturated rings. The molecular weight excluding hydrogens is 316 g/mol. The second-order valence-corrected chi connectivity index (χ2v) is 6.65. The van der Waals surface area contributed by atoms with Gasteiger partial charge in [0, 0.05) is 11.8 Å². The molecule has 6 heteroatoms. The summed E-state index contributed by atoms with van der Waals surface area (Å²) in [6, 6.07) is 9.12. The van der Waals surface area contributed by atoms with E-state index in [-0.39, 0.29) is 17.7 Å². The van der Waals surface area contributed by atoms with Crippen molar-refractivity contribution in [3.63, 3.8) is 0 Å². The molecule has 2 heterocycles. The highest BCUT2D eigenvalue weighted by atomic mass is 16.2. The molecule has 1 unspecified atom stereocenters. The zero-order valence-electron chi connectivity index (χ0n) is 14.6. The second kappa shape index (κ2) is 6.93. The number of aromatic amines is 2. The van der Waals surface area contributed by atoms with Gasteiger partial charge in [0.05, 0.1) is 17.1 Å². The predicted octanol–water partition coefficient (Wildman–Crippen LogP) is 3.61. The van der Waals surface area contributed by atoms with Gasteiger partial charge in [-0.1, -0.05) is 26.0 Å². The normalized spacial score (nSPS) is 12.5. The summed E-state index contributed by atoms with van der Waals surface area (Å²) in [5.74, 6) is 0.793. The zero-order valence-corrected chi connectivity index (χ0v) is 14.6. The molecule has 1 atom stereocenters. The first kappa shape index (κ1) is 17.0. The Bertz CT molecular complexity index is 874. The van der Waals surface area contributed by atoms with Crippen LogP contribution in [-0.4, -0.2) is 26.6 Å². The van der Waals surface area contributed by atoms with Crippen LogP contribution >= 0.6 is 0 Å². The van der Waals surface area contributed by atoms with Crippen molar-refractivity contribution in [3.8, 4) is 0 Å². The van der Waals surface area contributed by atoms with E-state index in [1.807, 2.05) is 24.3 Å². The first-order valence-corrected chi connectivity index (χ1v) is 8.39. The fourth-order valence-electron chi connectivity index (χ4n) is 2.81. The third-order valence-electron chi connectivity index (χ3n) is 4.08. The minimum atomic E-state index is -0.251. The molecule has 6 nitrogen and oxygen atoms in total. The molecule has 3 rings (SSSR count). The van der Waals surface area contributed by atoms with Crippen LogP contribution in [0.1, 0.15) is 59.9 Å². The van der Waals surface area contributed by atoms with Crippen LogP contribution in [0.25, 0.3) is 11.0 Å². The van der Waals surface area contributed by atoms with E-state index in [1.165, 1.54) is 6.92 Å². The number of rotatable bonds is 6. The molecule has 0 bridgehead atoms. The van der Waals surface area contributed by atoms with Crippen LogP contribution in [0.5, 0.6) is 0 Å². The van der Waals surface area contributed by atoms with Gasteiger partial charge in [0.1, 0.15) is 11.5 Å². The number of para-hydroxylation sites is 2. The Hall–Kier alpha value is -2.89. The minimum Gasteiger partial charge on any atom is -0.356 e. The summed E-state index contributed by atoms with van der Waals surface area (Å²) in [6.45, 7) is 5.68. The van der Waals surface area contributed by atoms with Crippen molar-refractivity contribution in [1.29, 1.82) is 0 Å². The van der Waals surface area contributed by atoms with Crippen LogP contribution in [0, 0.1) is 5.92 Å². The molecule has 25 heavy (non-hydrogen) atoms. The van der Waals surface area contributed by atoms with E-state index in [1.54, 1.807) is 12.3 Å². The highest BCUT2D eigenvalue weighted by Crippen LogP contribution is 2.22. The Kier molecular flexibility index (Phi) is 4.70. The molecule has 0 radical (unpaired) electrons. The summed E-state index contributed by atoms with van der Waals surface area (Å²) < 4.78 is 0. The second-order valence-electron chi connectivity index (χ2n) is 6.65. The van der Waals surface area contributed by atoms with Gasteiger partial charge in [-0.25, -0.2) is 4.98 Å². The summed E-state index contributed by atoms with van der Waals surface area (Å²) >= 11 is 0. The van der Waals surface area contributed by atoms with E-state index in [0.29, 0.717) is 17.2 Å². The van der Waals surface area contributed by atoms with Crippen molar-refractivity contribution >= 4 is 22.7 Å². The van der Waals surface area contributed by atoms with Gasteiger partial charge in [0.2, 0.25) is 0 Å². The largest absolute Gasteiger partial charge is 0.356 e. The molecule has 3 N–H and O–H groups in total. The number of hydrogen-bond acceptors (Lipinski definition) is 3. The van der Waals surface area contributed by atoms with E-state index in [0.717, 1.165) is 23.3 Å². The van der Waals surface area contributed by atoms with Crippen molar-refractivity contribution in [2.45, 2.75) is 33.2 Å². The molecule has 0 aliphatic heterocycles. The SMILES string of the molecule is CC(=O)c1c[nH]c(C(=O)NC(CC(C)C)c2nc3ccccc3[nH]2)c1. The predicted molar refractivity (Wildman–Crippen MR) is 96.6 cm³/mol. The maximum absolute atomic E-state index is 12.6. The molecule has 1 amide bonds. The number of ketones is 1. The van der Waals surface area contributed by atoms with Crippen LogP contribution in [-0.2, 0) is 0 Å². The standard InChI is InChI=1S/C19H22N4O2/c1-11(2)8-16(18-21-14-6-4-5-7-15(14)22-18)23-19(25)17-9-13(10-20-17)12(3)24/h4-7,9-11,16,20H,8H2,1-3H3,(H,21,22)(H,23,25). The Morgan fingerprint density at radius 2 is 2.00 bits per heavy atom. The van der Waals surface area contributed by atoms with Crippen LogP contribution < -0.4 is 5.32 Å². The molecule has 0 aliphatic carbocycles. The van der Waals surface area contributed by atoms with Crippen LogP contribution in [0.2, 0.25) is 0 Å². The molecule has 2 aromatic heterocycles.